The second-order valence-electron chi connectivity index (χ2n) is 3.45. The minimum absolute atomic E-state index is 0.00819. The molecule has 0 aliphatic carbocycles. The number of ether oxygens (including phenoxy) is 2. The molecular formula is C9H18O2. The predicted molar refractivity (Wildman–Crippen MR) is 44.7 cm³/mol. The van der Waals surface area contributed by atoms with E-state index in [4.69, 9.17) is 9.47 Å². The lowest BCUT2D eigenvalue weighted by Crippen LogP contribution is -2.40. The number of hydrogen-bond acceptors (Lipinski definition) is 2. The molecule has 0 aromatic carbocycles. The molecule has 11 heavy (non-hydrogen) atoms. The van der Waals surface area contributed by atoms with Gasteiger partial charge in [-0.15, -0.1) is 0 Å². The Hall–Kier alpha value is -0.0800. The van der Waals surface area contributed by atoms with Crippen LogP contribution >= 0.6 is 0 Å². The van der Waals surface area contributed by atoms with Gasteiger partial charge in [-0.05, 0) is 13.3 Å². The van der Waals surface area contributed by atoms with Crippen molar-refractivity contribution in [3.8, 4) is 0 Å². The molecule has 66 valence electrons. The highest BCUT2D eigenvalue weighted by atomic mass is 16.6. The van der Waals surface area contributed by atoms with E-state index in [0.717, 1.165) is 26.2 Å². The molecule has 1 atom stereocenters. The van der Waals surface area contributed by atoms with Gasteiger partial charge < -0.3 is 9.47 Å². The standard InChI is InChI=1S/C9H18O2/c1-3-4-5-9(2)8-10-6-7-11-9/h3-8H2,1-2H3. The highest BCUT2D eigenvalue weighted by Crippen LogP contribution is 2.21. The molecule has 1 aliphatic rings. The average molecular weight is 158 g/mol. The van der Waals surface area contributed by atoms with Gasteiger partial charge in [-0.1, -0.05) is 19.8 Å². The predicted octanol–water partition coefficient (Wildman–Crippen LogP) is 1.98. The van der Waals surface area contributed by atoms with E-state index >= 15 is 0 Å². The Morgan fingerprint density at radius 1 is 1.36 bits per heavy atom. The molecule has 0 aromatic heterocycles. The van der Waals surface area contributed by atoms with Gasteiger partial charge in [-0.3, -0.25) is 0 Å². The summed E-state index contributed by atoms with van der Waals surface area (Å²) >= 11 is 0. The van der Waals surface area contributed by atoms with Crippen LogP contribution in [0, 0.1) is 0 Å². The maximum Gasteiger partial charge on any atom is 0.0888 e. The molecule has 1 rings (SSSR count). The summed E-state index contributed by atoms with van der Waals surface area (Å²) in [6.45, 7) is 6.64. The third-order valence-corrected chi connectivity index (χ3v) is 2.14. The normalized spacial score (nSPS) is 32.2. The van der Waals surface area contributed by atoms with Crippen molar-refractivity contribution in [1.82, 2.24) is 0 Å². The van der Waals surface area contributed by atoms with Gasteiger partial charge in [-0.2, -0.15) is 0 Å². The Labute approximate surface area is 68.9 Å². The first kappa shape index (κ1) is 9.01. The third-order valence-electron chi connectivity index (χ3n) is 2.14. The monoisotopic (exact) mass is 158 g/mol. The van der Waals surface area contributed by atoms with Crippen molar-refractivity contribution in [2.24, 2.45) is 0 Å². The van der Waals surface area contributed by atoms with Gasteiger partial charge in [-0.25, -0.2) is 0 Å². The van der Waals surface area contributed by atoms with Crippen LogP contribution in [0.2, 0.25) is 0 Å². The van der Waals surface area contributed by atoms with E-state index in [1.54, 1.807) is 0 Å². The van der Waals surface area contributed by atoms with E-state index in [0.29, 0.717) is 0 Å². The van der Waals surface area contributed by atoms with Crippen molar-refractivity contribution in [2.75, 3.05) is 19.8 Å². The molecule has 0 bridgehead atoms. The molecular weight excluding hydrogens is 140 g/mol. The van der Waals surface area contributed by atoms with Gasteiger partial charge in [0.05, 0.1) is 25.4 Å². The van der Waals surface area contributed by atoms with Gasteiger partial charge in [0.15, 0.2) is 0 Å². The Morgan fingerprint density at radius 3 is 2.73 bits per heavy atom. The zero-order valence-electron chi connectivity index (χ0n) is 7.56. The van der Waals surface area contributed by atoms with Gasteiger partial charge >= 0.3 is 0 Å². The highest BCUT2D eigenvalue weighted by molar-refractivity contribution is 4.76. The first-order chi connectivity index (χ1) is 5.27. The van der Waals surface area contributed by atoms with E-state index in [1.165, 1.54) is 12.8 Å². The van der Waals surface area contributed by atoms with Crippen molar-refractivity contribution >= 4 is 0 Å². The fraction of sp³-hybridized carbons (Fsp3) is 1.00. The van der Waals surface area contributed by atoms with E-state index in [-0.39, 0.29) is 5.60 Å². The molecule has 1 saturated heterocycles. The van der Waals surface area contributed by atoms with Crippen LogP contribution in [0.4, 0.5) is 0 Å². The van der Waals surface area contributed by atoms with Crippen LogP contribution in [0.3, 0.4) is 0 Å². The molecule has 0 spiro atoms. The maximum absolute atomic E-state index is 5.64. The number of unbranched alkanes of at least 4 members (excludes halogenated alkanes) is 1. The van der Waals surface area contributed by atoms with E-state index < -0.39 is 0 Å². The summed E-state index contributed by atoms with van der Waals surface area (Å²) in [7, 11) is 0. The fourth-order valence-corrected chi connectivity index (χ4v) is 1.37. The first-order valence-corrected chi connectivity index (χ1v) is 4.48. The summed E-state index contributed by atoms with van der Waals surface area (Å²) < 4.78 is 11.0. The second-order valence-corrected chi connectivity index (χ2v) is 3.45. The molecule has 1 aliphatic heterocycles. The van der Waals surface area contributed by atoms with Crippen molar-refractivity contribution in [1.29, 1.82) is 0 Å². The molecule has 0 amide bonds. The minimum Gasteiger partial charge on any atom is -0.376 e. The molecule has 0 saturated carbocycles. The molecule has 0 aromatic rings. The van der Waals surface area contributed by atoms with Crippen LogP contribution in [-0.2, 0) is 9.47 Å². The largest absolute Gasteiger partial charge is 0.376 e. The fourth-order valence-electron chi connectivity index (χ4n) is 1.37. The Morgan fingerprint density at radius 2 is 2.18 bits per heavy atom. The van der Waals surface area contributed by atoms with Crippen molar-refractivity contribution < 1.29 is 9.47 Å². The van der Waals surface area contributed by atoms with Crippen molar-refractivity contribution in [2.45, 2.75) is 38.7 Å². The first-order valence-electron chi connectivity index (χ1n) is 4.48. The zero-order chi connectivity index (χ0) is 8.16. The van der Waals surface area contributed by atoms with Gasteiger partial charge in [0, 0.05) is 0 Å². The molecule has 0 radical (unpaired) electrons. The SMILES string of the molecule is CCCCC1(C)COCCO1. The van der Waals surface area contributed by atoms with Crippen LogP contribution in [0.15, 0.2) is 0 Å². The van der Waals surface area contributed by atoms with Crippen LogP contribution in [0.1, 0.15) is 33.1 Å². The van der Waals surface area contributed by atoms with Crippen molar-refractivity contribution in [3.63, 3.8) is 0 Å². The lowest BCUT2D eigenvalue weighted by Gasteiger charge is -2.33. The quantitative estimate of drug-likeness (QED) is 0.625. The van der Waals surface area contributed by atoms with Crippen LogP contribution < -0.4 is 0 Å². The molecule has 1 unspecified atom stereocenters. The van der Waals surface area contributed by atoms with E-state index in [2.05, 4.69) is 13.8 Å². The summed E-state index contributed by atoms with van der Waals surface area (Å²) in [5.41, 5.74) is 0.00819. The topological polar surface area (TPSA) is 18.5 Å². The lowest BCUT2D eigenvalue weighted by atomic mass is 9.99. The van der Waals surface area contributed by atoms with Gasteiger partial charge in [0.25, 0.3) is 0 Å². The molecule has 2 heteroatoms. The molecule has 0 N–H and O–H groups in total. The maximum atomic E-state index is 5.64. The van der Waals surface area contributed by atoms with Crippen molar-refractivity contribution in [3.05, 3.63) is 0 Å². The summed E-state index contributed by atoms with van der Waals surface area (Å²) in [4.78, 5) is 0. The Kier molecular flexibility index (Phi) is 3.34. The van der Waals surface area contributed by atoms with Crippen LogP contribution in [-0.4, -0.2) is 25.4 Å². The summed E-state index contributed by atoms with van der Waals surface area (Å²) in [6.07, 6.45) is 3.60. The smallest absolute Gasteiger partial charge is 0.0888 e. The third kappa shape index (κ3) is 2.80. The molecule has 2 nitrogen and oxygen atoms in total. The second kappa shape index (κ2) is 4.07. The van der Waals surface area contributed by atoms with E-state index in [1.807, 2.05) is 0 Å². The lowest BCUT2D eigenvalue weighted by molar-refractivity contribution is -0.151. The summed E-state index contributed by atoms with van der Waals surface area (Å²) in [6, 6.07) is 0. The van der Waals surface area contributed by atoms with Gasteiger partial charge in [0.1, 0.15) is 0 Å². The van der Waals surface area contributed by atoms with E-state index in [9.17, 15) is 0 Å². The Bertz CT molecular complexity index is 106. The van der Waals surface area contributed by atoms with Crippen LogP contribution in [0.5, 0.6) is 0 Å². The molecule has 1 fully saturated rings. The Balaban J connectivity index is 2.25. The summed E-state index contributed by atoms with van der Waals surface area (Å²) in [5.74, 6) is 0. The van der Waals surface area contributed by atoms with Crippen LogP contribution in [0.25, 0.3) is 0 Å². The highest BCUT2D eigenvalue weighted by Gasteiger charge is 2.27. The molecule has 1 heterocycles. The average Bonchev–Trinajstić information content (AvgIpc) is 2.03. The summed E-state index contributed by atoms with van der Waals surface area (Å²) in [5, 5.41) is 0. The minimum atomic E-state index is 0.00819. The zero-order valence-corrected chi connectivity index (χ0v) is 7.56. The number of rotatable bonds is 3. The number of hydrogen-bond donors (Lipinski definition) is 0. The van der Waals surface area contributed by atoms with Gasteiger partial charge in [0.2, 0.25) is 0 Å².